The first-order valence-corrected chi connectivity index (χ1v) is 6.38. The molecule has 3 unspecified atom stereocenters. The number of hydrogen-bond donors (Lipinski definition) is 2. The van der Waals surface area contributed by atoms with Gasteiger partial charge >= 0.3 is 0 Å². The largest absolute Gasteiger partial charge is 0.391 e. The number of ether oxygens (including phenoxy) is 1. The highest BCUT2D eigenvalue weighted by molar-refractivity contribution is 7.99. The molecule has 3 N–H and O–H groups in total. The van der Waals surface area contributed by atoms with Gasteiger partial charge in [-0.25, -0.2) is 0 Å². The molecule has 0 saturated carbocycles. The lowest BCUT2D eigenvalue weighted by atomic mass is 10.2. The standard InChI is InChI=1S/C10H23NO2S/c1-4-14-6-5-10(7-11)13-9(3)8(2)12/h8-10,12H,4-7,11H2,1-3H3. The Morgan fingerprint density at radius 3 is 2.50 bits per heavy atom. The van der Waals surface area contributed by atoms with Crippen LogP contribution in [-0.2, 0) is 4.74 Å². The number of hydrogen-bond acceptors (Lipinski definition) is 4. The summed E-state index contributed by atoms with van der Waals surface area (Å²) < 4.78 is 5.62. The SMILES string of the molecule is CCSCCC(CN)OC(C)C(C)O. The van der Waals surface area contributed by atoms with Crippen LogP contribution in [0.5, 0.6) is 0 Å². The van der Waals surface area contributed by atoms with Crippen molar-refractivity contribution >= 4 is 11.8 Å². The summed E-state index contributed by atoms with van der Waals surface area (Å²) in [5.74, 6) is 2.20. The first-order chi connectivity index (χ1) is 6.61. The molecule has 0 bridgehead atoms. The van der Waals surface area contributed by atoms with Gasteiger partial charge in [-0.15, -0.1) is 0 Å². The first-order valence-electron chi connectivity index (χ1n) is 5.23. The van der Waals surface area contributed by atoms with Gasteiger partial charge < -0.3 is 15.6 Å². The molecule has 0 heterocycles. The Morgan fingerprint density at radius 2 is 2.07 bits per heavy atom. The third-order valence-corrected chi connectivity index (χ3v) is 3.07. The summed E-state index contributed by atoms with van der Waals surface area (Å²) in [4.78, 5) is 0. The maximum Gasteiger partial charge on any atom is 0.0807 e. The molecule has 14 heavy (non-hydrogen) atoms. The van der Waals surface area contributed by atoms with E-state index in [0.29, 0.717) is 6.54 Å². The van der Waals surface area contributed by atoms with Crippen molar-refractivity contribution in [3.8, 4) is 0 Å². The van der Waals surface area contributed by atoms with E-state index in [0.717, 1.165) is 17.9 Å². The van der Waals surface area contributed by atoms with Crippen molar-refractivity contribution in [3.05, 3.63) is 0 Å². The van der Waals surface area contributed by atoms with Crippen molar-refractivity contribution in [3.63, 3.8) is 0 Å². The maximum absolute atomic E-state index is 9.27. The van der Waals surface area contributed by atoms with Crippen LogP contribution in [0.25, 0.3) is 0 Å². The molecular formula is C10H23NO2S. The van der Waals surface area contributed by atoms with E-state index in [-0.39, 0.29) is 12.2 Å². The van der Waals surface area contributed by atoms with Gasteiger partial charge in [-0.05, 0) is 31.8 Å². The van der Waals surface area contributed by atoms with Gasteiger partial charge in [0.05, 0.1) is 18.3 Å². The van der Waals surface area contributed by atoms with Crippen LogP contribution in [0.3, 0.4) is 0 Å². The van der Waals surface area contributed by atoms with Gasteiger partial charge in [0.25, 0.3) is 0 Å². The summed E-state index contributed by atoms with van der Waals surface area (Å²) in [6.45, 7) is 6.28. The van der Waals surface area contributed by atoms with Gasteiger partial charge in [0.2, 0.25) is 0 Å². The summed E-state index contributed by atoms with van der Waals surface area (Å²) >= 11 is 1.89. The van der Waals surface area contributed by atoms with Crippen LogP contribution in [0.15, 0.2) is 0 Å². The number of nitrogens with two attached hydrogens (primary N) is 1. The van der Waals surface area contributed by atoms with Crippen LogP contribution < -0.4 is 5.73 Å². The lowest BCUT2D eigenvalue weighted by Crippen LogP contribution is -2.33. The molecule has 86 valence electrons. The van der Waals surface area contributed by atoms with Crippen molar-refractivity contribution in [2.24, 2.45) is 5.73 Å². The fourth-order valence-corrected chi connectivity index (χ4v) is 1.74. The van der Waals surface area contributed by atoms with Gasteiger partial charge in [0.1, 0.15) is 0 Å². The van der Waals surface area contributed by atoms with Gasteiger partial charge in [-0.2, -0.15) is 11.8 Å². The molecule has 0 aromatic heterocycles. The summed E-state index contributed by atoms with van der Waals surface area (Å²) in [7, 11) is 0. The van der Waals surface area contributed by atoms with E-state index >= 15 is 0 Å². The Kier molecular flexibility index (Phi) is 8.67. The smallest absolute Gasteiger partial charge is 0.0807 e. The van der Waals surface area contributed by atoms with E-state index in [1.54, 1.807) is 6.92 Å². The predicted molar refractivity (Wildman–Crippen MR) is 62.7 cm³/mol. The fraction of sp³-hybridized carbons (Fsp3) is 1.00. The number of aliphatic hydroxyl groups excluding tert-OH is 1. The van der Waals surface area contributed by atoms with Crippen LogP contribution in [0, 0.1) is 0 Å². The Morgan fingerprint density at radius 1 is 1.43 bits per heavy atom. The van der Waals surface area contributed by atoms with Crippen LogP contribution in [-0.4, -0.2) is 41.5 Å². The van der Waals surface area contributed by atoms with Crippen molar-refractivity contribution in [2.45, 2.75) is 45.5 Å². The average molecular weight is 221 g/mol. The zero-order valence-corrected chi connectivity index (χ0v) is 10.2. The third kappa shape index (κ3) is 6.65. The first kappa shape index (κ1) is 14.2. The molecule has 0 radical (unpaired) electrons. The molecule has 0 aromatic rings. The number of aliphatic hydroxyl groups is 1. The van der Waals surface area contributed by atoms with Gasteiger partial charge in [-0.3, -0.25) is 0 Å². The molecule has 0 fully saturated rings. The summed E-state index contributed by atoms with van der Waals surface area (Å²) in [5.41, 5.74) is 5.59. The maximum atomic E-state index is 9.27. The van der Waals surface area contributed by atoms with E-state index in [4.69, 9.17) is 10.5 Å². The Hall–Kier alpha value is 0.230. The van der Waals surface area contributed by atoms with Crippen LogP contribution in [0.2, 0.25) is 0 Å². The summed E-state index contributed by atoms with van der Waals surface area (Å²) in [5, 5.41) is 9.27. The van der Waals surface area contributed by atoms with Crippen LogP contribution >= 0.6 is 11.8 Å². The number of rotatable bonds is 8. The van der Waals surface area contributed by atoms with E-state index in [1.807, 2.05) is 18.7 Å². The molecule has 0 aromatic carbocycles. The van der Waals surface area contributed by atoms with Gasteiger partial charge in [0, 0.05) is 6.54 Å². The van der Waals surface area contributed by atoms with E-state index in [1.165, 1.54) is 0 Å². The summed E-state index contributed by atoms with van der Waals surface area (Å²) in [6, 6.07) is 0. The topological polar surface area (TPSA) is 55.5 Å². The molecule has 0 amide bonds. The zero-order valence-electron chi connectivity index (χ0n) is 9.40. The molecule has 0 rings (SSSR count). The molecule has 0 saturated heterocycles. The highest BCUT2D eigenvalue weighted by atomic mass is 32.2. The Labute approximate surface area is 91.4 Å². The third-order valence-electron chi connectivity index (χ3n) is 2.14. The van der Waals surface area contributed by atoms with E-state index in [2.05, 4.69) is 6.92 Å². The zero-order chi connectivity index (χ0) is 11.0. The molecule has 4 heteroatoms. The minimum atomic E-state index is -0.428. The Bertz CT molecular complexity index is 133. The summed E-state index contributed by atoms with van der Waals surface area (Å²) in [6.07, 6.45) is 0.489. The van der Waals surface area contributed by atoms with Crippen molar-refractivity contribution < 1.29 is 9.84 Å². The fourth-order valence-electron chi connectivity index (χ4n) is 1.02. The molecule has 0 aliphatic heterocycles. The van der Waals surface area contributed by atoms with Crippen molar-refractivity contribution in [2.75, 3.05) is 18.1 Å². The number of thioether (sulfide) groups is 1. The Balaban J connectivity index is 3.67. The molecule has 0 aliphatic rings. The predicted octanol–water partition coefficient (Wildman–Crippen LogP) is 1.24. The lowest BCUT2D eigenvalue weighted by molar-refractivity contribution is -0.0580. The van der Waals surface area contributed by atoms with Crippen LogP contribution in [0.4, 0.5) is 0 Å². The minimum absolute atomic E-state index is 0.0821. The van der Waals surface area contributed by atoms with Crippen molar-refractivity contribution in [1.29, 1.82) is 0 Å². The average Bonchev–Trinajstić information content (AvgIpc) is 2.16. The van der Waals surface area contributed by atoms with Crippen LogP contribution in [0.1, 0.15) is 27.2 Å². The quantitative estimate of drug-likeness (QED) is 0.606. The van der Waals surface area contributed by atoms with Gasteiger partial charge in [-0.1, -0.05) is 6.92 Å². The highest BCUT2D eigenvalue weighted by Crippen LogP contribution is 2.09. The molecule has 0 spiro atoms. The minimum Gasteiger partial charge on any atom is -0.391 e. The van der Waals surface area contributed by atoms with E-state index in [9.17, 15) is 5.11 Å². The normalized spacial score (nSPS) is 17.8. The highest BCUT2D eigenvalue weighted by Gasteiger charge is 2.15. The second kappa shape index (κ2) is 8.53. The molecule has 3 nitrogen and oxygen atoms in total. The molecule has 3 atom stereocenters. The van der Waals surface area contributed by atoms with E-state index < -0.39 is 6.10 Å². The van der Waals surface area contributed by atoms with Crippen molar-refractivity contribution in [1.82, 2.24) is 0 Å². The molecule has 0 aliphatic carbocycles. The molecular weight excluding hydrogens is 198 g/mol. The second-order valence-electron chi connectivity index (χ2n) is 3.43. The monoisotopic (exact) mass is 221 g/mol. The second-order valence-corrected chi connectivity index (χ2v) is 4.82. The lowest BCUT2D eigenvalue weighted by Gasteiger charge is -2.22. The van der Waals surface area contributed by atoms with Gasteiger partial charge in [0.15, 0.2) is 0 Å².